The third kappa shape index (κ3) is 6.31. The molecule has 3 amide bonds. The monoisotopic (exact) mass is 462 g/mol. The molecular weight excluding hydrogens is 440 g/mol. The van der Waals surface area contributed by atoms with Crippen molar-refractivity contribution in [3.63, 3.8) is 0 Å². The number of ether oxygens (including phenoxy) is 2. The highest BCUT2D eigenvalue weighted by Gasteiger charge is 2.21. The number of imide groups is 1. The van der Waals surface area contributed by atoms with E-state index in [4.69, 9.17) is 9.47 Å². The Kier molecular flexibility index (Phi) is 8.06. The van der Waals surface area contributed by atoms with Crippen molar-refractivity contribution in [2.45, 2.75) is 20.0 Å². The second kappa shape index (κ2) is 11.0. The number of alkyl carbamates (subject to hydrolysis) is 1. The summed E-state index contributed by atoms with van der Waals surface area (Å²) in [7, 11) is 0. The predicted octanol–water partition coefficient (Wildman–Crippen LogP) is 3.45. The third-order valence-electron chi connectivity index (χ3n) is 3.99. The van der Waals surface area contributed by atoms with Crippen molar-refractivity contribution in [1.82, 2.24) is 15.6 Å². The number of benzene rings is 1. The van der Waals surface area contributed by atoms with Gasteiger partial charge in [-0.1, -0.05) is 12.1 Å². The molecule has 0 aliphatic carbocycles. The molecule has 1 unspecified atom stereocenters. The Morgan fingerprint density at radius 2 is 1.97 bits per heavy atom. The minimum Gasteiger partial charge on any atom is -0.445 e. The highest BCUT2D eigenvalue weighted by atomic mass is 32.1. The molecule has 0 aliphatic heterocycles. The minimum atomic E-state index is -0.870. The van der Waals surface area contributed by atoms with Gasteiger partial charge in [-0.05, 0) is 37.4 Å². The molecule has 3 rings (SSSR count). The topological polar surface area (TPSA) is 119 Å². The zero-order valence-corrected chi connectivity index (χ0v) is 18.6. The van der Waals surface area contributed by atoms with Gasteiger partial charge in [0, 0.05) is 13.2 Å². The maximum absolute atomic E-state index is 12.6. The van der Waals surface area contributed by atoms with E-state index in [0.717, 1.165) is 10.2 Å². The lowest BCUT2D eigenvalue weighted by atomic mass is 10.3. The van der Waals surface area contributed by atoms with Crippen LogP contribution in [0.1, 0.15) is 34.0 Å². The molecule has 3 N–H and O–H groups in total. The number of rotatable bonds is 9. The number of nitrogens with zero attached hydrogens (tertiary/aromatic N) is 1. The Bertz CT molecular complexity index is 1030. The molecule has 0 bridgehead atoms. The molecule has 2 aromatic heterocycles. The van der Waals surface area contributed by atoms with Gasteiger partial charge < -0.3 is 14.8 Å². The van der Waals surface area contributed by atoms with Crippen molar-refractivity contribution in [3.05, 3.63) is 46.3 Å². The van der Waals surface area contributed by atoms with Crippen LogP contribution in [0.25, 0.3) is 10.2 Å². The second-order valence-electron chi connectivity index (χ2n) is 6.37. The number of amides is 3. The van der Waals surface area contributed by atoms with Crippen LogP contribution in [0.3, 0.4) is 0 Å². The van der Waals surface area contributed by atoms with Crippen molar-refractivity contribution in [3.8, 4) is 0 Å². The van der Waals surface area contributed by atoms with Crippen LogP contribution in [0.2, 0.25) is 0 Å². The van der Waals surface area contributed by atoms with Crippen molar-refractivity contribution < 1.29 is 23.9 Å². The van der Waals surface area contributed by atoms with Crippen LogP contribution in [0.15, 0.2) is 35.7 Å². The number of para-hydroxylation sites is 1. The Labute approximate surface area is 186 Å². The normalized spacial score (nSPS) is 11.8. The third-order valence-corrected chi connectivity index (χ3v) is 5.85. The van der Waals surface area contributed by atoms with Gasteiger partial charge >= 0.3 is 6.09 Å². The molecule has 0 spiro atoms. The summed E-state index contributed by atoms with van der Waals surface area (Å²) in [6.45, 7) is 4.87. The van der Waals surface area contributed by atoms with Gasteiger partial charge in [-0.2, -0.15) is 0 Å². The van der Waals surface area contributed by atoms with Crippen LogP contribution in [0.4, 0.5) is 9.80 Å². The molecule has 1 atom stereocenters. The summed E-state index contributed by atoms with van der Waals surface area (Å²) in [5.74, 6) is -1.09. The Balaban J connectivity index is 1.55. The standard InChI is InChI=1S/C20H22N4O5S2/c1-3-28-11-21-10-12(2)29-20(27)24-16(25)13-8-9-30-18(13)23-17(26)19-22-14-6-4-5-7-15(14)31-19/h4-9,12,21H,3,10-11H2,1-2H3,(H,23,26)(H,24,25,27). The zero-order chi connectivity index (χ0) is 22.2. The van der Waals surface area contributed by atoms with E-state index in [1.807, 2.05) is 31.2 Å². The summed E-state index contributed by atoms with van der Waals surface area (Å²) < 4.78 is 11.2. The van der Waals surface area contributed by atoms with Crippen LogP contribution in [0, 0.1) is 0 Å². The van der Waals surface area contributed by atoms with Crippen molar-refractivity contribution >= 4 is 55.8 Å². The summed E-state index contributed by atoms with van der Waals surface area (Å²) in [4.78, 5) is 41.3. The highest BCUT2D eigenvalue weighted by Crippen LogP contribution is 2.26. The number of thiazole rings is 1. The van der Waals surface area contributed by atoms with Gasteiger partial charge in [-0.3, -0.25) is 20.2 Å². The number of thiophene rings is 1. The lowest BCUT2D eigenvalue weighted by Crippen LogP contribution is -2.37. The molecule has 9 nitrogen and oxygen atoms in total. The molecule has 164 valence electrons. The van der Waals surface area contributed by atoms with Gasteiger partial charge in [0.25, 0.3) is 11.8 Å². The van der Waals surface area contributed by atoms with E-state index < -0.39 is 24.0 Å². The smallest absolute Gasteiger partial charge is 0.414 e. The summed E-state index contributed by atoms with van der Waals surface area (Å²) in [5, 5.41) is 10.1. The van der Waals surface area contributed by atoms with Crippen LogP contribution in [-0.2, 0) is 9.47 Å². The second-order valence-corrected chi connectivity index (χ2v) is 8.31. The predicted molar refractivity (Wildman–Crippen MR) is 120 cm³/mol. The summed E-state index contributed by atoms with van der Waals surface area (Å²) in [6.07, 6.45) is -1.33. The van der Waals surface area contributed by atoms with Crippen LogP contribution in [-0.4, -0.2) is 48.9 Å². The Hall–Kier alpha value is -2.86. The highest BCUT2D eigenvalue weighted by molar-refractivity contribution is 7.20. The molecule has 0 aliphatic rings. The maximum Gasteiger partial charge on any atom is 0.414 e. The number of anilines is 1. The maximum atomic E-state index is 12.6. The largest absolute Gasteiger partial charge is 0.445 e. The first-order chi connectivity index (χ1) is 15.0. The van der Waals surface area contributed by atoms with Crippen molar-refractivity contribution in [2.75, 3.05) is 25.2 Å². The van der Waals surface area contributed by atoms with Gasteiger partial charge in [0.1, 0.15) is 11.1 Å². The molecule has 1 aromatic carbocycles. The number of carbonyl (C=O) groups excluding carboxylic acids is 3. The van der Waals surface area contributed by atoms with Gasteiger partial charge in [-0.15, -0.1) is 22.7 Å². The molecule has 0 saturated carbocycles. The average Bonchev–Trinajstić information content (AvgIpc) is 3.38. The molecule has 3 aromatic rings. The van der Waals surface area contributed by atoms with Gasteiger partial charge in [0.15, 0.2) is 5.01 Å². The van der Waals surface area contributed by atoms with Crippen molar-refractivity contribution in [1.29, 1.82) is 0 Å². The fraction of sp³-hybridized carbons (Fsp3) is 0.300. The number of carbonyl (C=O) groups is 3. The first-order valence-electron chi connectivity index (χ1n) is 9.52. The quantitative estimate of drug-likeness (QED) is 0.329. The fourth-order valence-corrected chi connectivity index (χ4v) is 4.20. The molecule has 0 radical (unpaired) electrons. The van der Waals surface area contributed by atoms with Crippen LogP contribution < -0.4 is 16.0 Å². The zero-order valence-electron chi connectivity index (χ0n) is 17.0. The summed E-state index contributed by atoms with van der Waals surface area (Å²) in [5.41, 5.74) is 0.896. The van der Waals surface area contributed by atoms with E-state index in [1.165, 1.54) is 28.7 Å². The SMILES string of the molecule is CCOCNCC(C)OC(=O)NC(=O)c1ccsc1NC(=O)c1nc2ccccc2s1. The van der Waals surface area contributed by atoms with Gasteiger partial charge in [0.2, 0.25) is 0 Å². The van der Waals surface area contributed by atoms with E-state index in [0.29, 0.717) is 24.9 Å². The van der Waals surface area contributed by atoms with E-state index in [-0.39, 0.29) is 10.6 Å². The average molecular weight is 463 g/mol. The molecule has 31 heavy (non-hydrogen) atoms. The van der Waals surface area contributed by atoms with Crippen molar-refractivity contribution in [2.24, 2.45) is 0 Å². The van der Waals surface area contributed by atoms with E-state index in [1.54, 1.807) is 12.3 Å². The lowest BCUT2D eigenvalue weighted by molar-refractivity contribution is 0.0784. The Morgan fingerprint density at radius 3 is 2.74 bits per heavy atom. The fourth-order valence-electron chi connectivity index (χ4n) is 2.56. The molecule has 11 heteroatoms. The lowest BCUT2D eigenvalue weighted by Gasteiger charge is -2.14. The van der Waals surface area contributed by atoms with Gasteiger partial charge in [0.05, 0.1) is 22.5 Å². The van der Waals surface area contributed by atoms with E-state index in [2.05, 4.69) is 20.9 Å². The van der Waals surface area contributed by atoms with Crippen LogP contribution in [0.5, 0.6) is 0 Å². The number of hydrogen-bond acceptors (Lipinski definition) is 9. The minimum absolute atomic E-state index is 0.165. The molecular formula is C20H22N4O5S2. The molecule has 0 saturated heterocycles. The first-order valence-corrected chi connectivity index (χ1v) is 11.2. The number of fused-ring (bicyclic) bond motifs is 1. The number of nitrogens with one attached hydrogen (secondary N) is 3. The number of aromatic nitrogens is 1. The number of hydrogen-bond donors (Lipinski definition) is 3. The van der Waals surface area contributed by atoms with E-state index >= 15 is 0 Å². The molecule has 0 fully saturated rings. The first kappa shape index (κ1) is 22.8. The Morgan fingerprint density at radius 1 is 1.16 bits per heavy atom. The summed E-state index contributed by atoms with van der Waals surface area (Å²) >= 11 is 2.43. The van der Waals surface area contributed by atoms with Crippen LogP contribution >= 0.6 is 22.7 Å². The summed E-state index contributed by atoms with van der Waals surface area (Å²) in [6, 6.07) is 8.95. The van der Waals surface area contributed by atoms with Gasteiger partial charge in [-0.25, -0.2) is 9.78 Å². The molecule has 2 heterocycles. The van der Waals surface area contributed by atoms with E-state index in [9.17, 15) is 14.4 Å².